The van der Waals surface area contributed by atoms with E-state index in [1.165, 1.54) is 33.0 Å². The summed E-state index contributed by atoms with van der Waals surface area (Å²) in [6.07, 6.45) is 5.88. The van der Waals surface area contributed by atoms with E-state index in [4.69, 9.17) is 19.2 Å². The number of carbonyl (C=O) groups is 1. The number of rotatable bonds is 11. The minimum Gasteiger partial charge on any atom is -0.489 e. The molecule has 3 aliphatic rings. The summed E-state index contributed by atoms with van der Waals surface area (Å²) in [6, 6.07) is 3.36. The highest BCUT2D eigenvalue weighted by Gasteiger charge is 2.39. The van der Waals surface area contributed by atoms with Crippen molar-refractivity contribution >= 4 is 38.8 Å². The maximum Gasteiger partial charge on any atom is 0.421 e. The summed E-state index contributed by atoms with van der Waals surface area (Å²) in [5.74, 6) is 2.11. The number of nitrogens with one attached hydrogen (secondary N) is 1. The largest absolute Gasteiger partial charge is 0.489 e. The molecule has 1 aliphatic carbocycles. The topological polar surface area (TPSA) is 176 Å². The number of hydrogen-bond acceptors (Lipinski definition) is 14. The average Bonchev–Trinajstić information content (AvgIpc) is 3.10. The van der Waals surface area contributed by atoms with Gasteiger partial charge in [-0.2, -0.15) is 9.29 Å². The Labute approximate surface area is 299 Å². The third-order valence-corrected chi connectivity index (χ3v) is 11.5. The van der Waals surface area contributed by atoms with Crippen molar-refractivity contribution in [3.05, 3.63) is 30.7 Å². The fraction of sp³-hybridized carbons (Fsp3) is 0.618. The van der Waals surface area contributed by atoms with Gasteiger partial charge in [-0.15, -0.1) is 0 Å². The summed E-state index contributed by atoms with van der Waals surface area (Å²) >= 11 is 0. The van der Waals surface area contributed by atoms with Crippen molar-refractivity contribution in [3.8, 4) is 11.6 Å². The van der Waals surface area contributed by atoms with E-state index in [1.54, 1.807) is 18.5 Å². The molecule has 51 heavy (non-hydrogen) atoms. The third kappa shape index (κ3) is 9.06. The van der Waals surface area contributed by atoms with Crippen molar-refractivity contribution in [1.29, 1.82) is 0 Å². The molecule has 0 bridgehead atoms. The fourth-order valence-corrected chi connectivity index (χ4v) is 8.19. The van der Waals surface area contributed by atoms with E-state index in [-0.39, 0.29) is 22.9 Å². The number of piperazine rings is 1. The molecular weight excluding hydrogens is 678 g/mol. The summed E-state index contributed by atoms with van der Waals surface area (Å²) in [7, 11) is -2.31. The van der Waals surface area contributed by atoms with Gasteiger partial charge in [0.1, 0.15) is 23.4 Å². The molecular formula is C34H49N9O7S. The van der Waals surface area contributed by atoms with Gasteiger partial charge in [-0.3, -0.25) is 9.88 Å². The van der Waals surface area contributed by atoms with Gasteiger partial charge in [-0.25, -0.2) is 23.2 Å². The normalized spacial score (nSPS) is 21.0. The maximum absolute atomic E-state index is 13.6. The number of anilines is 2. The smallest absolute Gasteiger partial charge is 0.421 e. The van der Waals surface area contributed by atoms with Crippen LogP contribution in [0.5, 0.6) is 11.6 Å². The third-order valence-electron chi connectivity index (χ3n) is 9.45. The molecule has 278 valence electrons. The fourth-order valence-electron chi connectivity index (χ4n) is 6.60. The summed E-state index contributed by atoms with van der Waals surface area (Å²) in [6.45, 7) is 12.7. The highest BCUT2D eigenvalue weighted by Crippen LogP contribution is 2.34. The van der Waals surface area contributed by atoms with Gasteiger partial charge in [0.2, 0.25) is 11.8 Å². The predicted molar refractivity (Wildman–Crippen MR) is 191 cm³/mol. The Morgan fingerprint density at radius 2 is 1.69 bits per heavy atom. The van der Waals surface area contributed by atoms with Crippen LogP contribution in [0.4, 0.5) is 16.6 Å². The highest BCUT2D eigenvalue weighted by molar-refractivity contribution is 7.89. The number of nitrogens with zero attached hydrogens (tertiary/aromatic N) is 8. The molecule has 16 nitrogen and oxygen atoms in total. The number of aromatic nitrogens is 4. The summed E-state index contributed by atoms with van der Waals surface area (Å²) in [5.41, 5.74) is -0.715. The number of carboxylic acid groups (broad SMARTS) is 1. The number of sulfonamides is 1. The highest BCUT2D eigenvalue weighted by atomic mass is 32.2. The zero-order valence-electron chi connectivity index (χ0n) is 29.8. The first kappa shape index (κ1) is 36.7. The van der Waals surface area contributed by atoms with Crippen LogP contribution < -0.4 is 19.7 Å². The Morgan fingerprint density at radius 1 is 1.00 bits per heavy atom. The Bertz CT molecular complexity index is 1750. The molecule has 2 aliphatic heterocycles. The minimum absolute atomic E-state index is 0.149. The number of pyridine rings is 2. The molecule has 2 N–H and O–H groups in total. The summed E-state index contributed by atoms with van der Waals surface area (Å²) in [5, 5.41) is 13.7. The molecule has 2 saturated heterocycles. The molecule has 6 rings (SSSR count). The molecule has 0 radical (unpaired) electrons. The quantitative estimate of drug-likeness (QED) is 0.294. The Kier molecular flexibility index (Phi) is 11.3. The van der Waals surface area contributed by atoms with Crippen molar-refractivity contribution in [1.82, 2.24) is 34.0 Å². The Balaban J connectivity index is 1.11. The molecule has 1 amide bonds. The van der Waals surface area contributed by atoms with Gasteiger partial charge < -0.3 is 34.4 Å². The standard InChI is InChI=1S/C34H49N9O7S/c1-34(2,3)43(33(44)45)51(46,47)27-19-28-29(35-23-27)20-30(42-14-16-48-17-15-42)39-31(28)50-25-7-5-24(6-8-25)38-32-36-21-26(22-37-32)49-18-13-41-11-9-40(4)10-12-41/h19-25H,5-18H2,1-4H3,(H,44,45)(H,36,37,38). The number of morpholine rings is 1. The number of likely N-dealkylation sites (N-methyl/N-ethyl adjacent to an activating group) is 1. The van der Waals surface area contributed by atoms with E-state index in [1.807, 2.05) is 0 Å². The number of ether oxygens (including phenoxy) is 3. The Morgan fingerprint density at radius 3 is 2.33 bits per heavy atom. The Hall–Kier alpha value is -4.06. The molecule has 3 aromatic heterocycles. The molecule has 0 spiro atoms. The van der Waals surface area contributed by atoms with Gasteiger partial charge in [0, 0.05) is 64.1 Å². The monoisotopic (exact) mass is 727 g/mol. The number of fused-ring (bicyclic) bond motifs is 1. The van der Waals surface area contributed by atoms with Gasteiger partial charge in [0.15, 0.2) is 5.75 Å². The SMILES string of the molecule is CN1CCN(CCOc2cnc(NC3CCC(Oc4nc(N5CCOCC5)cc5ncc(S(=O)(=O)N(C(=O)O)C(C)(C)C)cc45)CC3)nc2)CC1. The van der Waals surface area contributed by atoms with E-state index in [9.17, 15) is 18.3 Å². The lowest BCUT2D eigenvalue weighted by Crippen LogP contribution is -2.48. The second-order valence-corrected chi connectivity index (χ2v) is 16.1. The molecule has 3 fully saturated rings. The van der Waals surface area contributed by atoms with E-state index < -0.39 is 21.7 Å². The van der Waals surface area contributed by atoms with Crippen molar-refractivity contribution < 1.29 is 32.5 Å². The van der Waals surface area contributed by atoms with Crippen LogP contribution in [0.3, 0.4) is 0 Å². The van der Waals surface area contributed by atoms with E-state index >= 15 is 0 Å². The number of amides is 1. The van der Waals surface area contributed by atoms with Gasteiger partial charge in [-0.1, -0.05) is 0 Å². The second kappa shape index (κ2) is 15.7. The lowest BCUT2D eigenvalue weighted by atomic mass is 9.93. The molecule has 0 unspecified atom stereocenters. The zero-order chi connectivity index (χ0) is 36.2. The van der Waals surface area contributed by atoms with Crippen molar-refractivity contribution in [2.45, 2.75) is 69.0 Å². The first-order valence-corrected chi connectivity index (χ1v) is 19.0. The van der Waals surface area contributed by atoms with Crippen molar-refractivity contribution in [2.75, 3.05) is 82.9 Å². The van der Waals surface area contributed by atoms with Crippen molar-refractivity contribution in [2.24, 2.45) is 0 Å². The molecule has 0 atom stereocenters. The molecule has 0 aromatic carbocycles. The summed E-state index contributed by atoms with van der Waals surface area (Å²) in [4.78, 5) is 36.9. The van der Waals surface area contributed by atoms with Crippen LogP contribution in [0.1, 0.15) is 46.5 Å². The van der Waals surface area contributed by atoms with Crippen LogP contribution in [0.15, 0.2) is 35.6 Å². The van der Waals surface area contributed by atoms with E-state index in [0.717, 1.165) is 58.4 Å². The van der Waals surface area contributed by atoms with Crippen LogP contribution in [0, 0.1) is 0 Å². The van der Waals surface area contributed by atoms with Crippen LogP contribution in [-0.2, 0) is 14.8 Å². The number of hydrogen-bond donors (Lipinski definition) is 2. The average molecular weight is 728 g/mol. The minimum atomic E-state index is -4.45. The van der Waals surface area contributed by atoms with Crippen LogP contribution in [0.2, 0.25) is 0 Å². The molecule has 3 aromatic rings. The lowest BCUT2D eigenvalue weighted by Gasteiger charge is -2.32. The lowest BCUT2D eigenvalue weighted by molar-refractivity contribution is 0.122. The van der Waals surface area contributed by atoms with Crippen molar-refractivity contribution in [3.63, 3.8) is 0 Å². The van der Waals surface area contributed by atoms with E-state index in [0.29, 0.717) is 65.6 Å². The first-order valence-electron chi connectivity index (χ1n) is 17.6. The van der Waals surface area contributed by atoms with Gasteiger partial charge >= 0.3 is 6.09 Å². The van der Waals surface area contributed by atoms with E-state index in [2.05, 4.69) is 42.0 Å². The molecule has 17 heteroatoms. The van der Waals surface area contributed by atoms with Gasteiger partial charge in [0.05, 0.1) is 42.0 Å². The van der Waals surface area contributed by atoms with Gasteiger partial charge in [0.25, 0.3) is 10.0 Å². The van der Waals surface area contributed by atoms with Crippen LogP contribution in [-0.4, -0.2) is 144 Å². The molecule has 5 heterocycles. The van der Waals surface area contributed by atoms with Gasteiger partial charge in [-0.05, 0) is 59.6 Å². The van der Waals surface area contributed by atoms with Crippen LogP contribution >= 0.6 is 0 Å². The zero-order valence-corrected chi connectivity index (χ0v) is 30.6. The first-order chi connectivity index (χ1) is 24.4. The molecule has 1 saturated carbocycles. The summed E-state index contributed by atoms with van der Waals surface area (Å²) < 4.78 is 45.6. The predicted octanol–water partition coefficient (Wildman–Crippen LogP) is 3.15. The second-order valence-electron chi connectivity index (χ2n) is 14.3. The maximum atomic E-state index is 13.6. The van der Waals surface area contributed by atoms with Crippen LogP contribution in [0.25, 0.3) is 10.9 Å².